The highest BCUT2D eigenvalue weighted by Gasteiger charge is 2.10. The fourth-order valence-corrected chi connectivity index (χ4v) is 2.17. The molecule has 3 N–H and O–H groups in total. The molecular formula is C15H24N2O3. The van der Waals surface area contributed by atoms with E-state index >= 15 is 0 Å². The summed E-state index contributed by atoms with van der Waals surface area (Å²) in [6.45, 7) is 4.94. The topological polar surface area (TPSA) is 82.5 Å². The third kappa shape index (κ3) is 5.17. The van der Waals surface area contributed by atoms with E-state index in [4.69, 9.17) is 10.2 Å². The fraction of sp³-hybridized carbons (Fsp3) is 0.600. The fourth-order valence-electron chi connectivity index (χ4n) is 2.17. The summed E-state index contributed by atoms with van der Waals surface area (Å²) in [6, 6.07) is 3.16. The number of carbonyl (C=O) groups is 1. The van der Waals surface area contributed by atoms with Gasteiger partial charge in [-0.25, -0.2) is 9.78 Å². The molecule has 0 aromatic carbocycles. The molecule has 0 aliphatic heterocycles. The number of aryl methyl sites for hydroxylation is 1. The average molecular weight is 280 g/mol. The van der Waals surface area contributed by atoms with Gasteiger partial charge in [0.25, 0.3) is 0 Å². The van der Waals surface area contributed by atoms with Crippen molar-refractivity contribution < 1.29 is 15.0 Å². The number of carboxylic acid groups (broad SMARTS) is 1. The van der Waals surface area contributed by atoms with Gasteiger partial charge in [-0.3, -0.25) is 0 Å². The molecule has 0 bridgehead atoms. The normalized spacial score (nSPS) is 12.2. The Morgan fingerprint density at radius 2 is 2.10 bits per heavy atom. The molecule has 0 aliphatic rings. The summed E-state index contributed by atoms with van der Waals surface area (Å²) in [5.74, 6) is 0.0387. The van der Waals surface area contributed by atoms with Crippen LogP contribution in [0, 0.1) is 5.92 Å². The molecule has 1 rings (SSSR count). The Balaban J connectivity index is 2.75. The van der Waals surface area contributed by atoms with E-state index in [-0.39, 0.29) is 12.2 Å². The number of nitrogens with zero attached hydrogens (tertiary/aromatic N) is 1. The largest absolute Gasteiger partial charge is 0.478 e. The summed E-state index contributed by atoms with van der Waals surface area (Å²) in [5, 5.41) is 21.3. The van der Waals surface area contributed by atoms with Crippen molar-refractivity contribution in [2.75, 3.05) is 18.5 Å². The van der Waals surface area contributed by atoms with Gasteiger partial charge < -0.3 is 15.5 Å². The summed E-state index contributed by atoms with van der Waals surface area (Å²) < 4.78 is 0. The van der Waals surface area contributed by atoms with E-state index in [1.54, 1.807) is 12.1 Å². The number of aromatic nitrogens is 1. The minimum absolute atomic E-state index is 0.176. The van der Waals surface area contributed by atoms with Gasteiger partial charge >= 0.3 is 5.97 Å². The van der Waals surface area contributed by atoms with Crippen molar-refractivity contribution >= 4 is 11.8 Å². The quantitative estimate of drug-likeness (QED) is 0.647. The third-order valence-corrected chi connectivity index (χ3v) is 3.29. The zero-order valence-electron chi connectivity index (χ0n) is 12.2. The molecule has 0 spiro atoms. The Bertz CT molecular complexity index is 429. The van der Waals surface area contributed by atoms with Gasteiger partial charge in [0, 0.05) is 18.8 Å². The van der Waals surface area contributed by atoms with Crippen molar-refractivity contribution in [2.24, 2.45) is 5.92 Å². The van der Waals surface area contributed by atoms with Crippen LogP contribution in [0.2, 0.25) is 0 Å². The first-order valence-electron chi connectivity index (χ1n) is 7.19. The van der Waals surface area contributed by atoms with Crippen LogP contribution in [0.25, 0.3) is 0 Å². The van der Waals surface area contributed by atoms with Gasteiger partial charge in [0.15, 0.2) is 0 Å². The second kappa shape index (κ2) is 8.53. The van der Waals surface area contributed by atoms with Gasteiger partial charge in [-0.05, 0) is 37.3 Å². The molecule has 0 amide bonds. The van der Waals surface area contributed by atoms with Crippen molar-refractivity contribution in [3.63, 3.8) is 0 Å². The third-order valence-electron chi connectivity index (χ3n) is 3.29. The number of hydrogen-bond acceptors (Lipinski definition) is 4. The van der Waals surface area contributed by atoms with Gasteiger partial charge in [-0.2, -0.15) is 0 Å². The Labute approximate surface area is 120 Å². The standard InChI is InChI=1S/C15H24N2O3/c1-3-5-11(6-7-18)10-16-14-9-12(15(19)20)8-13(4-2)17-14/h8-9,11,18H,3-7,10H2,1-2H3,(H,16,17)(H,19,20). The Kier molecular flexibility index (Phi) is 7.01. The number of anilines is 1. The Morgan fingerprint density at radius 3 is 2.65 bits per heavy atom. The molecule has 112 valence electrons. The molecule has 1 aromatic heterocycles. The van der Waals surface area contributed by atoms with Gasteiger partial charge in [0.2, 0.25) is 0 Å². The van der Waals surface area contributed by atoms with Crippen molar-refractivity contribution in [2.45, 2.75) is 39.5 Å². The number of rotatable bonds is 9. The zero-order chi connectivity index (χ0) is 15.0. The zero-order valence-corrected chi connectivity index (χ0v) is 12.2. The molecular weight excluding hydrogens is 256 g/mol. The minimum atomic E-state index is -0.939. The summed E-state index contributed by atoms with van der Waals surface area (Å²) in [6.07, 6.45) is 3.55. The maximum Gasteiger partial charge on any atom is 0.335 e. The molecule has 0 aliphatic carbocycles. The second-order valence-electron chi connectivity index (χ2n) is 4.94. The van der Waals surface area contributed by atoms with Crippen LogP contribution >= 0.6 is 0 Å². The molecule has 5 heteroatoms. The summed E-state index contributed by atoms with van der Waals surface area (Å²) in [4.78, 5) is 15.5. The minimum Gasteiger partial charge on any atom is -0.478 e. The molecule has 0 fully saturated rings. The second-order valence-corrected chi connectivity index (χ2v) is 4.94. The highest BCUT2D eigenvalue weighted by Crippen LogP contribution is 2.15. The van der Waals surface area contributed by atoms with Gasteiger partial charge in [-0.1, -0.05) is 20.3 Å². The van der Waals surface area contributed by atoms with Crippen LogP contribution < -0.4 is 5.32 Å². The highest BCUT2D eigenvalue weighted by atomic mass is 16.4. The van der Waals surface area contributed by atoms with E-state index in [2.05, 4.69) is 17.2 Å². The molecule has 20 heavy (non-hydrogen) atoms. The first kappa shape index (κ1) is 16.4. The van der Waals surface area contributed by atoms with Gasteiger partial charge in [-0.15, -0.1) is 0 Å². The number of aromatic carboxylic acids is 1. The van der Waals surface area contributed by atoms with Crippen molar-refractivity contribution in [3.8, 4) is 0 Å². The van der Waals surface area contributed by atoms with E-state index < -0.39 is 5.97 Å². The lowest BCUT2D eigenvalue weighted by atomic mass is 10.0. The molecule has 0 radical (unpaired) electrons. The maximum absolute atomic E-state index is 11.1. The molecule has 1 atom stereocenters. The smallest absolute Gasteiger partial charge is 0.335 e. The monoisotopic (exact) mass is 280 g/mol. The van der Waals surface area contributed by atoms with Crippen LogP contribution in [0.4, 0.5) is 5.82 Å². The first-order valence-corrected chi connectivity index (χ1v) is 7.19. The predicted octanol–water partition coefficient (Wildman–Crippen LogP) is 2.55. The molecule has 0 saturated heterocycles. The molecule has 1 unspecified atom stereocenters. The number of hydrogen-bond donors (Lipinski definition) is 3. The van der Waals surface area contributed by atoms with Crippen LogP contribution in [0.5, 0.6) is 0 Å². The van der Waals surface area contributed by atoms with Crippen molar-refractivity contribution in [1.82, 2.24) is 4.98 Å². The summed E-state index contributed by atoms with van der Waals surface area (Å²) in [5.41, 5.74) is 1.02. The van der Waals surface area contributed by atoms with Crippen LogP contribution in [0.15, 0.2) is 12.1 Å². The maximum atomic E-state index is 11.1. The lowest BCUT2D eigenvalue weighted by molar-refractivity contribution is 0.0696. The van der Waals surface area contributed by atoms with E-state index in [0.29, 0.717) is 24.7 Å². The lowest BCUT2D eigenvalue weighted by Gasteiger charge is -2.16. The SMILES string of the molecule is CCCC(CCO)CNc1cc(C(=O)O)cc(CC)n1. The van der Waals surface area contributed by atoms with E-state index in [9.17, 15) is 4.79 Å². The number of aliphatic hydroxyl groups is 1. The first-order chi connectivity index (χ1) is 9.60. The predicted molar refractivity (Wildman–Crippen MR) is 79.2 cm³/mol. The van der Waals surface area contributed by atoms with Crippen molar-refractivity contribution in [1.29, 1.82) is 0 Å². The summed E-state index contributed by atoms with van der Waals surface area (Å²) >= 11 is 0. The van der Waals surface area contributed by atoms with E-state index in [0.717, 1.165) is 25.0 Å². The highest BCUT2D eigenvalue weighted by molar-refractivity contribution is 5.88. The Hall–Kier alpha value is -1.62. The molecule has 1 aromatic rings. The van der Waals surface area contributed by atoms with Crippen LogP contribution in [-0.4, -0.2) is 34.3 Å². The van der Waals surface area contributed by atoms with Crippen LogP contribution in [-0.2, 0) is 6.42 Å². The molecule has 1 heterocycles. The van der Waals surface area contributed by atoms with Gasteiger partial charge in [0.1, 0.15) is 5.82 Å². The molecule has 0 saturated carbocycles. The number of carboxylic acids is 1. The van der Waals surface area contributed by atoms with Crippen molar-refractivity contribution in [3.05, 3.63) is 23.4 Å². The summed E-state index contributed by atoms with van der Waals surface area (Å²) in [7, 11) is 0. The Morgan fingerprint density at radius 1 is 1.35 bits per heavy atom. The number of pyridine rings is 1. The van der Waals surface area contributed by atoms with E-state index in [1.807, 2.05) is 6.92 Å². The van der Waals surface area contributed by atoms with Gasteiger partial charge in [0.05, 0.1) is 5.56 Å². The number of aliphatic hydroxyl groups excluding tert-OH is 1. The van der Waals surface area contributed by atoms with Crippen LogP contribution in [0.1, 0.15) is 49.2 Å². The van der Waals surface area contributed by atoms with E-state index in [1.165, 1.54) is 0 Å². The lowest BCUT2D eigenvalue weighted by Crippen LogP contribution is -2.17. The molecule has 5 nitrogen and oxygen atoms in total. The average Bonchev–Trinajstić information content (AvgIpc) is 2.44. The number of nitrogens with one attached hydrogen (secondary N) is 1. The van der Waals surface area contributed by atoms with Crippen LogP contribution in [0.3, 0.4) is 0 Å².